The molecule has 1 amide bonds. The highest BCUT2D eigenvalue weighted by molar-refractivity contribution is 6.33. The lowest BCUT2D eigenvalue weighted by molar-refractivity contribution is 0.0785. The zero-order valence-corrected chi connectivity index (χ0v) is 11.8. The highest BCUT2D eigenvalue weighted by Gasteiger charge is 2.16. The molecule has 4 nitrogen and oxygen atoms in total. The molecule has 0 atom stereocenters. The number of nitrogens with zero attached hydrogens (tertiary/aromatic N) is 1. The molecule has 0 saturated heterocycles. The third-order valence-corrected chi connectivity index (χ3v) is 3.26. The zero-order valence-electron chi connectivity index (χ0n) is 11.0. The Morgan fingerprint density at radius 1 is 1.25 bits per heavy atom. The maximum Gasteiger partial charge on any atom is 0.255 e. The van der Waals surface area contributed by atoms with Crippen molar-refractivity contribution in [3.05, 3.63) is 58.6 Å². The van der Waals surface area contributed by atoms with Crippen LogP contribution >= 0.6 is 11.6 Å². The average molecular weight is 291 g/mol. The number of aromatic hydroxyl groups is 1. The van der Waals surface area contributed by atoms with E-state index in [0.29, 0.717) is 17.3 Å². The van der Waals surface area contributed by atoms with Crippen molar-refractivity contribution >= 4 is 23.2 Å². The van der Waals surface area contributed by atoms with Gasteiger partial charge in [-0.2, -0.15) is 0 Å². The Kier molecular flexibility index (Phi) is 4.15. The number of hydrogen-bond acceptors (Lipinski definition) is 3. The molecule has 2 aromatic carbocycles. The first-order valence-corrected chi connectivity index (χ1v) is 6.43. The molecule has 0 heterocycles. The summed E-state index contributed by atoms with van der Waals surface area (Å²) in [4.78, 5) is 13.8. The van der Waals surface area contributed by atoms with Crippen molar-refractivity contribution in [2.75, 3.05) is 12.8 Å². The van der Waals surface area contributed by atoms with E-state index in [1.54, 1.807) is 19.2 Å². The number of nitrogens with two attached hydrogens (primary N) is 1. The summed E-state index contributed by atoms with van der Waals surface area (Å²) in [5, 5.41) is 9.76. The van der Waals surface area contributed by atoms with Crippen molar-refractivity contribution in [2.24, 2.45) is 0 Å². The molecule has 5 heteroatoms. The molecule has 0 spiro atoms. The lowest BCUT2D eigenvalue weighted by Crippen LogP contribution is -2.26. The summed E-state index contributed by atoms with van der Waals surface area (Å²) in [6.07, 6.45) is 0. The molecular formula is C15H15ClN2O2. The summed E-state index contributed by atoms with van der Waals surface area (Å²) >= 11 is 5.98. The third-order valence-electron chi connectivity index (χ3n) is 2.93. The summed E-state index contributed by atoms with van der Waals surface area (Å²) in [7, 11) is 1.68. The Morgan fingerprint density at radius 2 is 1.90 bits per heavy atom. The number of anilines is 1. The largest absolute Gasteiger partial charge is 0.508 e. The topological polar surface area (TPSA) is 66.6 Å². The van der Waals surface area contributed by atoms with E-state index < -0.39 is 0 Å². The van der Waals surface area contributed by atoms with Gasteiger partial charge in [-0.05, 0) is 35.9 Å². The molecule has 0 bridgehead atoms. The average Bonchev–Trinajstić information content (AvgIpc) is 2.43. The van der Waals surface area contributed by atoms with Crippen LogP contribution in [-0.2, 0) is 6.54 Å². The SMILES string of the molecule is CN(Cc1ccc(N)cc1)C(=O)c1cc(O)ccc1Cl. The van der Waals surface area contributed by atoms with Gasteiger partial charge in [-0.25, -0.2) is 0 Å². The lowest BCUT2D eigenvalue weighted by atomic mass is 10.1. The summed E-state index contributed by atoms with van der Waals surface area (Å²) in [5.74, 6) is -0.235. The van der Waals surface area contributed by atoms with Crippen LogP contribution in [0.5, 0.6) is 5.75 Å². The molecule has 0 fully saturated rings. The molecule has 0 saturated carbocycles. The molecule has 0 aliphatic rings. The minimum Gasteiger partial charge on any atom is -0.508 e. The minimum atomic E-state index is -0.247. The fraction of sp³-hybridized carbons (Fsp3) is 0.133. The van der Waals surface area contributed by atoms with E-state index in [-0.39, 0.29) is 17.2 Å². The van der Waals surface area contributed by atoms with E-state index in [1.165, 1.54) is 23.1 Å². The number of amides is 1. The number of hydrogen-bond donors (Lipinski definition) is 2. The summed E-state index contributed by atoms with van der Waals surface area (Å²) < 4.78 is 0. The minimum absolute atomic E-state index is 0.0126. The van der Waals surface area contributed by atoms with Gasteiger partial charge in [-0.1, -0.05) is 23.7 Å². The molecule has 2 aromatic rings. The van der Waals surface area contributed by atoms with E-state index in [4.69, 9.17) is 17.3 Å². The summed E-state index contributed by atoms with van der Waals surface area (Å²) in [6.45, 7) is 0.436. The highest BCUT2D eigenvalue weighted by Crippen LogP contribution is 2.23. The van der Waals surface area contributed by atoms with Gasteiger partial charge in [-0.3, -0.25) is 4.79 Å². The van der Waals surface area contributed by atoms with Crippen molar-refractivity contribution in [1.29, 1.82) is 0 Å². The first-order valence-electron chi connectivity index (χ1n) is 6.06. The number of carbonyl (C=O) groups excluding carboxylic acids is 1. The third kappa shape index (κ3) is 3.22. The van der Waals surface area contributed by atoms with Gasteiger partial charge in [0.05, 0.1) is 10.6 Å². The van der Waals surface area contributed by atoms with E-state index >= 15 is 0 Å². The van der Waals surface area contributed by atoms with Gasteiger partial charge in [-0.15, -0.1) is 0 Å². The number of nitrogen functional groups attached to an aromatic ring is 1. The van der Waals surface area contributed by atoms with Gasteiger partial charge < -0.3 is 15.7 Å². The second-order valence-corrected chi connectivity index (χ2v) is 4.97. The first kappa shape index (κ1) is 14.2. The van der Waals surface area contributed by atoms with Gasteiger partial charge in [0.15, 0.2) is 0 Å². The van der Waals surface area contributed by atoms with Gasteiger partial charge in [0.25, 0.3) is 5.91 Å². The monoisotopic (exact) mass is 290 g/mol. The predicted molar refractivity (Wildman–Crippen MR) is 79.8 cm³/mol. The summed E-state index contributed by atoms with van der Waals surface area (Å²) in [5.41, 5.74) is 7.54. The van der Waals surface area contributed by atoms with Crippen LogP contribution in [0.15, 0.2) is 42.5 Å². The maximum absolute atomic E-state index is 12.3. The molecule has 104 valence electrons. The number of phenols is 1. The second-order valence-electron chi connectivity index (χ2n) is 4.57. The van der Waals surface area contributed by atoms with Gasteiger partial charge in [0, 0.05) is 19.3 Å². The maximum atomic E-state index is 12.3. The van der Waals surface area contributed by atoms with E-state index in [2.05, 4.69) is 0 Å². The van der Waals surface area contributed by atoms with Crippen LogP contribution in [0.25, 0.3) is 0 Å². The van der Waals surface area contributed by atoms with Crippen molar-refractivity contribution < 1.29 is 9.90 Å². The fourth-order valence-corrected chi connectivity index (χ4v) is 2.05. The van der Waals surface area contributed by atoms with Crippen LogP contribution in [-0.4, -0.2) is 23.0 Å². The normalized spacial score (nSPS) is 10.3. The van der Waals surface area contributed by atoms with Crippen LogP contribution < -0.4 is 5.73 Å². The fourth-order valence-electron chi connectivity index (χ4n) is 1.85. The smallest absolute Gasteiger partial charge is 0.255 e. The number of rotatable bonds is 3. The molecule has 0 aliphatic heterocycles. The number of carbonyl (C=O) groups is 1. The Hall–Kier alpha value is -2.20. The van der Waals surface area contributed by atoms with E-state index in [9.17, 15) is 9.90 Å². The van der Waals surface area contributed by atoms with Gasteiger partial charge in [0.2, 0.25) is 0 Å². The Morgan fingerprint density at radius 3 is 2.55 bits per heavy atom. The van der Waals surface area contributed by atoms with Crippen LogP contribution in [0.1, 0.15) is 15.9 Å². The molecule has 3 N–H and O–H groups in total. The molecule has 2 rings (SSSR count). The van der Waals surface area contributed by atoms with Crippen LogP contribution in [0.4, 0.5) is 5.69 Å². The standard InChI is InChI=1S/C15H15ClN2O2/c1-18(9-10-2-4-11(17)5-3-10)15(20)13-8-12(19)6-7-14(13)16/h2-8,19H,9,17H2,1H3. The zero-order chi connectivity index (χ0) is 14.7. The Bertz CT molecular complexity index is 626. The van der Waals surface area contributed by atoms with Gasteiger partial charge in [0.1, 0.15) is 5.75 Å². The van der Waals surface area contributed by atoms with E-state index in [1.807, 2.05) is 12.1 Å². The molecule has 0 radical (unpaired) electrons. The van der Waals surface area contributed by atoms with E-state index in [0.717, 1.165) is 5.56 Å². The first-order chi connectivity index (χ1) is 9.47. The predicted octanol–water partition coefficient (Wildman–Crippen LogP) is 2.90. The molecule has 0 aromatic heterocycles. The molecule has 0 unspecified atom stereocenters. The number of halogens is 1. The quantitative estimate of drug-likeness (QED) is 0.854. The van der Waals surface area contributed by atoms with Crippen molar-refractivity contribution in [2.45, 2.75) is 6.54 Å². The number of benzene rings is 2. The van der Waals surface area contributed by atoms with Crippen LogP contribution in [0, 0.1) is 0 Å². The summed E-state index contributed by atoms with van der Waals surface area (Å²) in [6, 6.07) is 11.6. The Balaban J connectivity index is 2.16. The van der Waals surface area contributed by atoms with Gasteiger partial charge >= 0.3 is 0 Å². The molecule has 0 aliphatic carbocycles. The highest BCUT2D eigenvalue weighted by atomic mass is 35.5. The van der Waals surface area contributed by atoms with Crippen molar-refractivity contribution in [3.8, 4) is 5.75 Å². The second kappa shape index (κ2) is 5.84. The van der Waals surface area contributed by atoms with Crippen molar-refractivity contribution in [3.63, 3.8) is 0 Å². The molecular weight excluding hydrogens is 276 g/mol. The van der Waals surface area contributed by atoms with Crippen LogP contribution in [0.2, 0.25) is 5.02 Å². The van der Waals surface area contributed by atoms with Crippen molar-refractivity contribution in [1.82, 2.24) is 4.90 Å². The Labute approximate surface area is 122 Å². The number of phenolic OH excluding ortho intramolecular Hbond substituents is 1. The molecule has 20 heavy (non-hydrogen) atoms. The van der Waals surface area contributed by atoms with Crippen LogP contribution in [0.3, 0.4) is 0 Å². The lowest BCUT2D eigenvalue weighted by Gasteiger charge is -2.18.